The van der Waals surface area contributed by atoms with E-state index >= 15 is 0 Å². The molecule has 0 bridgehead atoms. The Kier molecular flexibility index (Phi) is 6.57. The van der Waals surface area contributed by atoms with E-state index in [9.17, 15) is 14.4 Å². The lowest BCUT2D eigenvalue weighted by Gasteiger charge is -2.32. The van der Waals surface area contributed by atoms with Crippen LogP contribution >= 0.6 is 0 Å². The summed E-state index contributed by atoms with van der Waals surface area (Å²) in [6.07, 6.45) is 10.2. The number of hydrogen-bond acceptors (Lipinski definition) is 4. The normalized spacial score (nSPS) is 17.3. The summed E-state index contributed by atoms with van der Waals surface area (Å²) in [6.45, 7) is 2.59. The fourth-order valence-corrected chi connectivity index (χ4v) is 3.45. The van der Waals surface area contributed by atoms with Gasteiger partial charge in [-0.15, -0.1) is 0 Å². The topological polar surface area (TPSA) is 82.6 Å². The number of amides is 3. The first kappa shape index (κ1) is 19.1. The van der Waals surface area contributed by atoms with Crippen LogP contribution in [0.25, 0.3) is 0 Å². The van der Waals surface area contributed by atoms with Gasteiger partial charge in [-0.3, -0.25) is 19.4 Å². The Labute approximate surface area is 159 Å². The first-order chi connectivity index (χ1) is 13.2. The molecule has 1 aromatic rings. The zero-order valence-electron chi connectivity index (χ0n) is 15.5. The van der Waals surface area contributed by atoms with E-state index < -0.39 is 0 Å². The Morgan fingerprint density at radius 2 is 2.00 bits per heavy atom. The van der Waals surface area contributed by atoms with Gasteiger partial charge in [0.15, 0.2) is 0 Å². The van der Waals surface area contributed by atoms with E-state index in [-0.39, 0.29) is 17.5 Å². The second-order valence-corrected chi connectivity index (χ2v) is 6.98. The third-order valence-electron chi connectivity index (χ3n) is 5.11. The molecule has 0 saturated carbocycles. The average molecular weight is 370 g/mol. The van der Waals surface area contributed by atoms with Gasteiger partial charge in [-0.1, -0.05) is 11.6 Å². The highest BCUT2D eigenvalue weighted by molar-refractivity contribution is 5.98. The number of nitrogens with zero attached hydrogens (tertiary/aromatic N) is 3. The third kappa shape index (κ3) is 5.15. The molecule has 27 heavy (non-hydrogen) atoms. The van der Waals surface area contributed by atoms with Crippen LogP contribution in [0.2, 0.25) is 0 Å². The number of piperazine rings is 1. The highest BCUT2D eigenvalue weighted by Crippen LogP contribution is 2.19. The predicted octanol–water partition coefficient (Wildman–Crippen LogP) is 1.62. The van der Waals surface area contributed by atoms with E-state index in [1.807, 2.05) is 0 Å². The molecule has 2 heterocycles. The van der Waals surface area contributed by atoms with Crippen molar-refractivity contribution in [2.24, 2.45) is 0 Å². The van der Waals surface area contributed by atoms with E-state index in [4.69, 9.17) is 0 Å². The van der Waals surface area contributed by atoms with Gasteiger partial charge in [-0.2, -0.15) is 0 Å². The lowest BCUT2D eigenvalue weighted by atomic mass is 9.97. The van der Waals surface area contributed by atoms with Crippen LogP contribution in [0.3, 0.4) is 0 Å². The molecule has 1 N–H and O–H groups in total. The molecule has 0 aromatic carbocycles. The van der Waals surface area contributed by atoms with Crippen molar-refractivity contribution in [3.63, 3.8) is 0 Å². The minimum absolute atomic E-state index is 0.186. The quantitative estimate of drug-likeness (QED) is 0.609. The maximum absolute atomic E-state index is 12.6. The summed E-state index contributed by atoms with van der Waals surface area (Å²) in [7, 11) is 0. The van der Waals surface area contributed by atoms with E-state index in [0.29, 0.717) is 38.3 Å². The molecule has 2 aliphatic rings. The highest BCUT2D eigenvalue weighted by Gasteiger charge is 2.23. The minimum Gasteiger partial charge on any atom is -0.352 e. The van der Waals surface area contributed by atoms with Gasteiger partial charge in [0.25, 0.3) is 11.8 Å². The minimum atomic E-state index is -0.206. The van der Waals surface area contributed by atoms with Crippen LogP contribution in [0.5, 0.6) is 0 Å². The molecule has 0 spiro atoms. The van der Waals surface area contributed by atoms with E-state index in [0.717, 1.165) is 25.7 Å². The Morgan fingerprint density at radius 1 is 1.19 bits per heavy atom. The Balaban J connectivity index is 1.54. The zero-order chi connectivity index (χ0) is 19.1. The maximum atomic E-state index is 12.6. The van der Waals surface area contributed by atoms with Crippen molar-refractivity contribution in [1.82, 2.24) is 20.1 Å². The molecule has 0 unspecified atom stereocenters. The van der Waals surface area contributed by atoms with Crippen LogP contribution in [-0.2, 0) is 4.79 Å². The molecule has 1 aromatic heterocycles. The van der Waals surface area contributed by atoms with Crippen molar-refractivity contribution in [2.75, 3.05) is 32.7 Å². The van der Waals surface area contributed by atoms with E-state index in [2.05, 4.69) is 16.4 Å². The molecule has 144 valence electrons. The van der Waals surface area contributed by atoms with Gasteiger partial charge in [0.05, 0.1) is 0 Å². The summed E-state index contributed by atoms with van der Waals surface area (Å²) in [6, 6.07) is 3.17. The second-order valence-electron chi connectivity index (χ2n) is 6.98. The maximum Gasteiger partial charge on any atom is 0.272 e. The summed E-state index contributed by atoms with van der Waals surface area (Å²) in [4.78, 5) is 43.2. The first-order valence-corrected chi connectivity index (χ1v) is 9.58. The van der Waals surface area contributed by atoms with Crippen molar-refractivity contribution in [2.45, 2.75) is 32.1 Å². The molecule has 7 nitrogen and oxygen atoms in total. The van der Waals surface area contributed by atoms with Crippen LogP contribution in [-0.4, -0.2) is 65.7 Å². The second kappa shape index (κ2) is 9.30. The highest BCUT2D eigenvalue weighted by atomic mass is 16.2. The number of rotatable bonds is 6. The average Bonchev–Trinajstić information content (AvgIpc) is 2.74. The van der Waals surface area contributed by atoms with Gasteiger partial charge in [-0.05, 0) is 44.2 Å². The number of carbonyl (C=O) groups is 3. The molecule has 0 atom stereocenters. The monoisotopic (exact) mass is 370 g/mol. The van der Waals surface area contributed by atoms with Crippen LogP contribution in [0, 0.1) is 0 Å². The van der Waals surface area contributed by atoms with Crippen LogP contribution < -0.4 is 5.32 Å². The molecule has 3 rings (SSSR count). The van der Waals surface area contributed by atoms with Crippen molar-refractivity contribution in [3.8, 4) is 0 Å². The number of pyridine rings is 1. The Hall–Kier alpha value is -2.70. The summed E-state index contributed by atoms with van der Waals surface area (Å²) in [5.41, 5.74) is 2.12. The summed E-state index contributed by atoms with van der Waals surface area (Å²) < 4.78 is 0. The van der Waals surface area contributed by atoms with Crippen molar-refractivity contribution >= 4 is 18.2 Å². The standard InChI is InChI=1S/C20H26N4O3/c25-15-23-10-12-24(13-11-23)20(27)18-14-17(7-9-21-18)19(26)22-8-6-16-4-2-1-3-5-16/h4,7,9,14-15H,1-3,5-6,8,10-13H2,(H,22,26). The number of nitrogens with one attached hydrogen (secondary N) is 1. The van der Waals surface area contributed by atoms with Gasteiger partial charge in [0.1, 0.15) is 5.69 Å². The molecule has 1 saturated heterocycles. The molecule has 0 radical (unpaired) electrons. The van der Waals surface area contributed by atoms with Gasteiger partial charge in [0, 0.05) is 44.5 Å². The van der Waals surface area contributed by atoms with Gasteiger partial charge in [-0.25, -0.2) is 0 Å². The van der Waals surface area contributed by atoms with Gasteiger partial charge in [0.2, 0.25) is 6.41 Å². The van der Waals surface area contributed by atoms with Crippen LogP contribution in [0.15, 0.2) is 30.0 Å². The first-order valence-electron chi connectivity index (χ1n) is 9.58. The molecular weight excluding hydrogens is 344 g/mol. The molecule has 7 heteroatoms. The molecule has 1 fully saturated rings. The molecule has 3 amide bonds. The predicted molar refractivity (Wildman–Crippen MR) is 101 cm³/mol. The largest absolute Gasteiger partial charge is 0.352 e. The Morgan fingerprint density at radius 3 is 2.70 bits per heavy atom. The zero-order valence-corrected chi connectivity index (χ0v) is 15.5. The smallest absolute Gasteiger partial charge is 0.272 e. The van der Waals surface area contributed by atoms with E-state index in [1.54, 1.807) is 21.9 Å². The van der Waals surface area contributed by atoms with Crippen LogP contribution in [0.1, 0.15) is 53.0 Å². The number of aromatic nitrogens is 1. The third-order valence-corrected chi connectivity index (χ3v) is 5.11. The van der Waals surface area contributed by atoms with Crippen molar-refractivity contribution < 1.29 is 14.4 Å². The molecule has 1 aliphatic heterocycles. The lowest BCUT2D eigenvalue weighted by molar-refractivity contribution is -0.119. The van der Waals surface area contributed by atoms with Crippen molar-refractivity contribution in [1.29, 1.82) is 0 Å². The summed E-state index contributed by atoms with van der Waals surface area (Å²) >= 11 is 0. The lowest BCUT2D eigenvalue weighted by Crippen LogP contribution is -2.48. The van der Waals surface area contributed by atoms with Gasteiger partial charge < -0.3 is 15.1 Å². The van der Waals surface area contributed by atoms with Crippen LogP contribution in [0.4, 0.5) is 0 Å². The Bertz CT molecular complexity index is 724. The van der Waals surface area contributed by atoms with Gasteiger partial charge >= 0.3 is 0 Å². The number of allylic oxidation sites excluding steroid dienone is 1. The SMILES string of the molecule is O=CN1CCN(C(=O)c2cc(C(=O)NCCC3=CCCCC3)ccn2)CC1. The molecule has 1 aliphatic carbocycles. The fraction of sp³-hybridized carbons (Fsp3) is 0.500. The van der Waals surface area contributed by atoms with E-state index in [1.165, 1.54) is 24.6 Å². The number of carbonyl (C=O) groups excluding carboxylic acids is 3. The summed E-state index contributed by atoms with van der Waals surface area (Å²) in [5, 5.41) is 2.93. The van der Waals surface area contributed by atoms with Crippen molar-refractivity contribution in [3.05, 3.63) is 41.2 Å². The summed E-state index contributed by atoms with van der Waals surface area (Å²) in [5.74, 6) is -0.392. The number of hydrogen-bond donors (Lipinski definition) is 1. The molecular formula is C20H26N4O3. The fourth-order valence-electron chi connectivity index (χ4n) is 3.45.